The molecule has 4 nitrogen and oxygen atoms in total. The van der Waals surface area contributed by atoms with Gasteiger partial charge in [0.1, 0.15) is 9.88 Å². The second kappa shape index (κ2) is 5.91. The zero-order valence-corrected chi connectivity index (χ0v) is 14.8. The maximum Gasteiger partial charge on any atom is 0.347 e. The molecule has 0 aliphatic heterocycles. The molecule has 23 heavy (non-hydrogen) atoms. The van der Waals surface area contributed by atoms with Gasteiger partial charge in [0, 0.05) is 11.4 Å². The minimum atomic E-state index is -0.892. The third-order valence-electron chi connectivity index (χ3n) is 4.67. The van der Waals surface area contributed by atoms with Gasteiger partial charge in [-0.2, -0.15) is 0 Å². The average molecular weight is 348 g/mol. The number of nitrogens with zero attached hydrogens (tertiary/aromatic N) is 2. The number of aromatic carboxylic acids is 1. The van der Waals surface area contributed by atoms with Gasteiger partial charge in [-0.3, -0.25) is 0 Å². The summed E-state index contributed by atoms with van der Waals surface area (Å²) >= 11 is 3.21. The lowest BCUT2D eigenvalue weighted by Crippen LogP contribution is -2.16. The third kappa shape index (κ3) is 2.68. The minimum Gasteiger partial charge on any atom is -0.477 e. The van der Waals surface area contributed by atoms with E-state index in [9.17, 15) is 4.79 Å². The summed E-state index contributed by atoms with van der Waals surface area (Å²) < 4.78 is 0. The lowest BCUT2D eigenvalue weighted by atomic mass is 9.92. The maximum atomic E-state index is 11.2. The molecule has 6 heteroatoms. The molecular weight excluding hydrogens is 328 g/mol. The van der Waals surface area contributed by atoms with Crippen LogP contribution in [0.25, 0.3) is 0 Å². The zero-order chi connectivity index (χ0) is 16.0. The summed E-state index contributed by atoms with van der Waals surface area (Å²) in [5.74, 6) is -0.109. The first-order valence-electron chi connectivity index (χ1n) is 8.30. The van der Waals surface area contributed by atoms with Crippen LogP contribution in [0.3, 0.4) is 0 Å². The van der Waals surface area contributed by atoms with Crippen LogP contribution in [0.4, 0.5) is 10.1 Å². The van der Waals surface area contributed by atoms with Crippen LogP contribution >= 0.6 is 22.7 Å². The molecule has 122 valence electrons. The lowest BCUT2D eigenvalue weighted by Gasteiger charge is -2.22. The number of carboxylic acids is 1. The molecule has 1 N–H and O–H groups in total. The Hall–Kier alpha value is -1.40. The molecule has 0 bridgehead atoms. The normalized spacial score (nSPS) is 17.1. The van der Waals surface area contributed by atoms with Crippen LogP contribution in [0.1, 0.15) is 64.2 Å². The molecule has 0 aromatic carbocycles. The highest BCUT2D eigenvalue weighted by Crippen LogP contribution is 2.52. The summed E-state index contributed by atoms with van der Waals surface area (Å²) in [6, 6.07) is 0. The molecule has 2 aromatic heterocycles. The highest BCUT2D eigenvalue weighted by Gasteiger charge is 2.33. The van der Waals surface area contributed by atoms with Crippen molar-refractivity contribution < 1.29 is 9.90 Å². The van der Waals surface area contributed by atoms with Crippen LogP contribution in [-0.4, -0.2) is 22.6 Å². The topological polar surface area (TPSA) is 53.4 Å². The van der Waals surface area contributed by atoms with E-state index in [2.05, 4.69) is 16.8 Å². The molecule has 2 aliphatic rings. The highest BCUT2D eigenvalue weighted by atomic mass is 32.1. The SMILES string of the molecule is CCN(c1ncc(C(=O)O)s1)c1sc(C2CC2)c2c1CCCC2. The number of hydrogen-bond donors (Lipinski definition) is 1. The van der Waals surface area contributed by atoms with Crippen molar-refractivity contribution in [2.75, 3.05) is 11.4 Å². The van der Waals surface area contributed by atoms with Crippen LogP contribution in [0.5, 0.6) is 0 Å². The number of thiazole rings is 1. The first-order valence-corrected chi connectivity index (χ1v) is 9.93. The number of hydrogen-bond acceptors (Lipinski definition) is 5. The number of rotatable bonds is 5. The van der Waals surface area contributed by atoms with Crippen LogP contribution in [-0.2, 0) is 12.8 Å². The molecule has 2 aromatic rings. The van der Waals surface area contributed by atoms with E-state index in [0.29, 0.717) is 4.88 Å². The van der Waals surface area contributed by atoms with E-state index in [1.807, 2.05) is 11.3 Å². The Morgan fingerprint density at radius 3 is 2.65 bits per heavy atom. The molecule has 2 heterocycles. The van der Waals surface area contributed by atoms with E-state index in [1.54, 1.807) is 10.4 Å². The van der Waals surface area contributed by atoms with Gasteiger partial charge in [0.2, 0.25) is 0 Å². The average Bonchev–Trinajstić information content (AvgIpc) is 3.15. The van der Waals surface area contributed by atoms with Crippen molar-refractivity contribution in [1.82, 2.24) is 4.98 Å². The molecule has 0 saturated heterocycles. The second-order valence-corrected chi connectivity index (χ2v) is 8.31. The summed E-state index contributed by atoms with van der Waals surface area (Å²) in [5, 5.41) is 11.3. The van der Waals surface area contributed by atoms with Gasteiger partial charge in [0.15, 0.2) is 5.13 Å². The van der Waals surface area contributed by atoms with Crippen molar-refractivity contribution in [3.63, 3.8) is 0 Å². The monoisotopic (exact) mass is 348 g/mol. The molecule has 1 fully saturated rings. The van der Waals surface area contributed by atoms with Crippen LogP contribution in [0.15, 0.2) is 6.20 Å². The summed E-state index contributed by atoms with van der Waals surface area (Å²) in [4.78, 5) is 19.7. The van der Waals surface area contributed by atoms with Crippen molar-refractivity contribution >= 4 is 38.8 Å². The summed E-state index contributed by atoms with van der Waals surface area (Å²) in [7, 11) is 0. The Morgan fingerprint density at radius 2 is 2.04 bits per heavy atom. The van der Waals surface area contributed by atoms with E-state index in [0.717, 1.165) is 24.0 Å². The molecule has 0 amide bonds. The highest BCUT2D eigenvalue weighted by molar-refractivity contribution is 7.19. The molecule has 0 unspecified atom stereocenters. The standard InChI is InChI=1S/C17H20N2O2S2/c1-2-19(17-18-9-13(22-17)16(20)21)15-12-6-4-3-5-11(12)14(23-15)10-7-8-10/h9-10H,2-8H2,1H3,(H,20,21). The number of fused-ring (bicyclic) bond motifs is 1. The van der Waals surface area contributed by atoms with Gasteiger partial charge in [0.05, 0.1) is 6.20 Å². The van der Waals surface area contributed by atoms with Crippen molar-refractivity contribution in [2.45, 2.75) is 51.4 Å². The fraction of sp³-hybridized carbons (Fsp3) is 0.529. The Balaban J connectivity index is 1.76. The summed E-state index contributed by atoms with van der Waals surface area (Å²) in [6.07, 6.45) is 9.08. The first-order chi connectivity index (χ1) is 11.2. The van der Waals surface area contributed by atoms with Gasteiger partial charge < -0.3 is 10.0 Å². The van der Waals surface area contributed by atoms with E-state index in [1.165, 1.54) is 60.2 Å². The molecule has 0 radical (unpaired) electrons. The first kappa shape index (κ1) is 15.1. The molecule has 2 aliphatic carbocycles. The predicted molar refractivity (Wildman–Crippen MR) is 94.7 cm³/mol. The Kier molecular flexibility index (Phi) is 3.89. The van der Waals surface area contributed by atoms with Gasteiger partial charge in [-0.15, -0.1) is 11.3 Å². The van der Waals surface area contributed by atoms with Gasteiger partial charge in [0.25, 0.3) is 0 Å². The molecule has 0 spiro atoms. The van der Waals surface area contributed by atoms with E-state index in [4.69, 9.17) is 5.11 Å². The lowest BCUT2D eigenvalue weighted by molar-refractivity contribution is 0.0702. The quantitative estimate of drug-likeness (QED) is 0.842. The van der Waals surface area contributed by atoms with Crippen molar-refractivity contribution in [1.29, 1.82) is 0 Å². The number of aromatic nitrogens is 1. The third-order valence-corrected chi connectivity index (χ3v) is 7.14. The van der Waals surface area contributed by atoms with Crippen molar-refractivity contribution in [3.8, 4) is 0 Å². The number of thiophene rings is 1. The maximum absolute atomic E-state index is 11.2. The van der Waals surface area contributed by atoms with Crippen LogP contribution < -0.4 is 4.90 Å². The Bertz CT molecular complexity index is 746. The van der Waals surface area contributed by atoms with Crippen LogP contribution in [0.2, 0.25) is 0 Å². The van der Waals surface area contributed by atoms with E-state index >= 15 is 0 Å². The number of carboxylic acid groups (broad SMARTS) is 1. The van der Waals surface area contributed by atoms with Crippen molar-refractivity contribution in [2.24, 2.45) is 0 Å². The zero-order valence-electron chi connectivity index (χ0n) is 13.2. The van der Waals surface area contributed by atoms with Gasteiger partial charge >= 0.3 is 5.97 Å². The Morgan fingerprint density at radius 1 is 1.30 bits per heavy atom. The fourth-order valence-corrected chi connectivity index (χ4v) is 5.90. The molecule has 1 saturated carbocycles. The Labute approximate surface area is 143 Å². The van der Waals surface area contributed by atoms with E-state index in [-0.39, 0.29) is 0 Å². The fourth-order valence-electron chi connectivity index (χ4n) is 3.39. The van der Waals surface area contributed by atoms with E-state index < -0.39 is 5.97 Å². The van der Waals surface area contributed by atoms with Gasteiger partial charge in [-0.25, -0.2) is 9.78 Å². The van der Waals surface area contributed by atoms with Gasteiger partial charge in [-0.05, 0) is 62.5 Å². The number of carbonyl (C=O) groups is 1. The summed E-state index contributed by atoms with van der Waals surface area (Å²) in [6.45, 7) is 2.94. The molecular formula is C17H20N2O2S2. The minimum absolute atomic E-state index is 0.311. The predicted octanol–water partition coefficient (Wildman–Crippen LogP) is 4.82. The van der Waals surface area contributed by atoms with Crippen molar-refractivity contribution in [3.05, 3.63) is 27.1 Å². The smallest absolute Gasteiger partial charge is 0.347 e. The molecule has 0 atom stereocenters. The summed E-state index contributed by atoms with van der Waals surface area (Å²) in [5.41, 5.74) is 3.12. The second-order valence-electron chi connectivity index (χ2n) is 6.27. The van der Waals surface area contributed by atoms with Gasteiger partial charge in [-0.1, -0.05) is 11.3 Å². The molecule has 4 rings (SSSR count). The largest absolute Gasteiger partial charge is 0.477 e. The van der Waals surface area contributed by atoms with Crippen LogP contribution in [0, 0.1) is 0 Å². The number of anilines is 2.